The van der Waals surface area contributed by atoms with Crippen molar-refractivity contribution < 1.29 is 17.6 Å². The van der Waals surface area contributed by atoms with Crippen LogP contribution in [0.4, 0.5) is 4.39 Å². The molecule has 0 fully saturated rings. The molecule has 3 rings (SSSR count). The van der Waals surface area contributed by atoms with Crippen LogP contribution in [0.1, 0.15) is 18.0 Å². The maximum Gasteiger partial charge on any atom is 0.243 e. The van der Waals surface area contributed by atoms with Crippen LogP contribution in [0, 0.1) is 5.82 Å². The number of carbonyl (C=O) groups is 1. The van der Waals surface area contributed by atoms with E-state index in [2.05, 4.69) is 5.32 Å². The van der Waals surface area contributed by atoms with Crippen LogP contribution in [0.25, 0.3) is 0 Å². The third-order valence-corrected chi connectivity index (χ3v) is 7.12. The molecule has 2 aromatic rings. The van der Waals surface area contributed by atoms with Crippen molar-refractivity contribution in [2.75, 3.05) is 19.3 Å². The van der Waals surface area contributed by atoms with Gasteiger partial charge in [-0.2, -0.15) is 4.31 Å². The summed E-state index contributed by atoms with van der Waals surface area (Å²) in [6.45, 7) is -0.300. The third kappa shape index (κ3) is 4.08. The Morgan fingerprint density at radius 1 is 1.23 bits per heavy atom. The molecule has 0 radical (unpaired) electrons. The Balaban J connectivity index is 1.67. The number of hydrogen-bond acceptors (Lipinski definition) is 4. The van der Waals surface area contributed by atoms with Crippen molar-refractivity contribution in [1.29, 1.82) is 0 Å². The van der Waals surface area contributed by atoms with Crippen molar-refractivity contribution >= 4 is 27.7 Å². The van der Waals surface area contributed by atoms with E-state index in [1.54, 1.807) is 11.8 Å². The first-order valence-corrected chi connectivity index (χ1v) is 10.5. The second-order valence-corrected chi connectivity index (χ2v) is 9.19. The molecule has 0 aliphatic carbocycles. The molecule has 8 heteroatoms. The molecule has 1 unspecified atom stereocenters. The molecular formula is C18H19FN2O3S2. The fraction of sp³-hybridized carbons (Fsp3) is 0.278. The second kappa shape index (κ2) is 7.77. The first-order chi connectivity index (χ1) is 12.4. The summed E-state index contributed by atoms with van der Waals surface area (Å²) in [6.07, 6.45) is 0.793. The number of likely N-dealkylation sites (N-methyl/N-ethyl adjacent to an activating group) is 1. The number of sulfonamides is 1. The van der Waals surface area contributed by atoms with E-state index in [0.717, 1.165) is 39.1 Å². The lowest BCUT2D eigenvalue weighted by atomic mass is 10.0. The molecule has 1 aliphatic rings. The van der Waals surface area contributed by atoms with Gasteiger partial charge in [-0.1, -0.05) is 18.2 Å². The number of amides is 1. The summed E-state index contributed by atoms with van der Waals surface area (Å²) < 4.78 is 38.9. The molecule has 0 saturated heterocycles. The highest BCUT2D eigenvalue weighted by Gasteiger charge is 2.26. The summed E-state index contributed by atoms with van der Waals surface area (Å²) in [5.74, 6) is 0.00847. The van der Waals surface area contributed by atoms with Gasteiger partial charge in [-0.15, -0.1) is 11.8 Å². The lowest BCUT2D eigenvalue weighted by Crippen LogP contribution is -2.40. The predicted molar refractivity (Wildman–Crippen MR) is 98.9 cm³/mol. The first kappa shape index (κ1) is 18.9. The number of nitrogens with one attached hydrogen (secondary N) is 1. The van der Waals surface area contributed by atoms with Gasteiger partial charge in [0.25, 0.3) is 0 Å². The van der Waals surface area contributed by atoms with Crippen LogP contribution >= 0.6 is 11.8 Å². The van der Waals surface area contributed by atoms with Crippen LogP contribution in [-0.2, 0) is 14.8 Å². The molecule has 26 heavy (non-hydrogen) atoms. The number of halogens is 1. The molecule has 1 aliphatic heterocycles. The van der Waals surface area contributed by atoms with Crippen molar-refractivity contribution in [1.82, 2.24) is 9.62 Å². The van der Waals surface area contributed by atoms with E-state index in [0.29, 0.717) is 0 Å². The predicted octanol–water partition coefficient (Wildman–Crippen LogP) is 2.80. The van der Waals surface area contributed by atoms with E-state index in [1.165, 1.54) is 19.2 Å². The van der Waals surface area contributed by atoms with E-state index in [1.807, 2.05) is 24.3 Å². The normalized spacial score (nSPS) is 17.0. The minimum absolute atomic E-state index is 0.0476. The monoisotopic (exact) mass is 394 g/mol. The number of carbonyl (C=O) groups excluding carboxylic acids is 1. The maximum atomic E-state index is 13.0. The van der Waals surface area contributed by atoms with E-state index >= 15 is 0 Å². The average Bonchev–Trinajstić information content (AvgIpc) is 2.62. The third-order valence-electron chi connectivity index (χ3n) is 4.18. The Hall–Kier alpha value is -1.90. The Morgan fingerprint density at radius 2 is 1.92 bits per heavy atom. The molecule has 1 atom stereocenters. The van der Waals surface area contributed by atoms with E-state index < -0.39 is 15.8 Å². The number of nitrogens with zero attached hydrogens (tertiary/aromatic N) is 1. The van der Waals surface area contributed by atoms with E-state index in [-0.39, 0.29) is 23.4 Å². The number of benzene rings is 2. The highest BCUT2D eigenvalue weighted by Crippen LogP contribution is 2.35. The van der Waals surface area contributed by atoms with Gasteiger partial charge in [0.2, 0.25) is 15.9 Å². The zero-order valence-electron chi connectivity index (χ0n) is 14.2. The van der Waals surface area contributed by atoms with Gasteiger partial charge in [0, 0.05) is 17.7 Å². The summed E-state index contributed by atoms with van der Waals surface area (Å²) in [7, 11) is -2.51. The molecule has 2 aromatic carbocycles. The number of thioether (sulfide) groups is 1. The summed E-state index contributed by atoms with van der Waals surface area (Å²) in [6, 6.07) is 12.3. The molecule has 0 aromatic heterocycles. The zero-order valence-corrected chi connectivity index (χ0v) is 15.8. The van der Waals surface area contributed by atoms with Crippen LogP contribution in [0.15, 0.2) is 58.3 Å². The van der Waals surface area contributed by atoms with Gasteiger partial charge < -0.3 is 5.32 Å². The standard InChI is InChI=1S/C18H19FN2O3S2/c1-21(26(23,24)14-8-6-13(19)7-9-14)12-18(22)20-16-10-11-25-17-5-3-2-4-15(16)17/h2-9,16H,10-12H2,1H3,(H,20,22). The van der Waals surface area contributed by atoms with Crippen LogP contribution < -0.4 is 5.32 Å². The molecule has 138 valence electrons. The van der Waals surface area contributed by atoms with Crippen molar-refractivity contribution in [3.05, 3.63) is 59.9 Å². The van der Waals surface area contributed by atoms with E-state index in [4.69, 9.17) is 0 Å². The minimum Gasteiger partial charge on any atom is -0.348 e. The lowest BCUT2D eigenvalue weighted by Gasteiger charge is -2.26. The molecule has 1 N–H and O–H groups in total. The number of fused-ring (bicyclic) bond motifs is 1. The van der Waals surface area contributed by atoms with Gasteiger partial charge in [-0.05, 0) is 42.3 Å². The average molecular weight is 394 g/mol. The van der Waals surface area contributed by atoms with Gasteiger partial charge in [-0.3, -0.25) is 4.79 Å². The van der Waals surface area contributed by atoms with E-state index in [9.17, 15) is 17.6 Å². The number of rotatable bonds is 5. The Morgan fingerprint density at radius 3 is 2.65 bits per heavy atom. The first-order valence-electron chi connectivity index (χ1n) is 8.11. The minimum atomic E-state index is -3.85. The summed E-state index contributed by atoms with van der Waals surface area (Å²) in [4.78, 5) is 13.5. The summed E-state index contributed by atoms with van der Waals surface area (Å²) >= 11 is 1.75. The molecule has 1 amide bonds. The van der Waals surface area contributed by atoms with Crippen LogP contribution in [0.5, 0.6) is 0 Å². The Kier molecular flexibility index (Phi) is 5.64. The van der Waals surface area contributed by atoms with Crippen LogP contribution in [0.2, 0.25) is 0 Å². The summed E-state index contributed by atoms with van der Waals surface area (Å²) in [5.41, 5.74) is 1.06. The van der Waals surface area contributed by atoms with Gasteiger partial charge in [0.1, 0.15) is 5.82 Å². The van der Waals surface area contributed by atoms with Crippen LogP contribution in [0.3, 0.4) is 0 Å². The van der Waals surface area contributed by atoms with Crippen LogP contribution in [-0.4, -0.2) is 38.0 Å². The van der Waals surface area contributed by atoms with Crippen molar-refractivity contribution in [3.63, 3.8) is 0 Å². The van der Waals surface area contributed by atoms with Crippen molar-refractivity contribution in [2.45, 2.75) is 22.3 Å². The molecule has 0 bridgehead atoms. The zero-order chi connectivity index (χ0) is 18.7. The van der Waals surface area contributed by atoms with Crippen molar-refractivity contribution in [2.24, 2.45) is 0 Å². The number of hydrogen-bond donors (Lipinski definition) is 1. The quantitative estimate of drug-likeness (QED) is 0.847. The molecule has 1 heterocycles. The fourth-order valence-electron chi connectivity index (χ4n) is 2.81. The van der Waals surface area contributed by atoms with Gasteiger partial charge in [0.05, 0.1) is 17.5 Å². The SMILES string of the molecule is CN(CC(=O)NC1CCSc2ccccc21)S(=O)(=O)c1ccc(F)cc1. The lowest BCUT2D eigenvalue weighted by molar-refractivity contribution is -0.121. The van der Waals surface area contributed by atoms with Gasteiger partial charge in [-0.25, -0.2) is 12.8 Å². The Bertz CT molecular complexity index is 901. The molecule has 0 saturated carbocycles. The maximum absolute atomic E-state index is 13.0. The highest BCUT2D eigenvalue weighted by molar-refractivity contribution is 7.99. The largest absolute Gasteiger partial charge is 0.348 e. The molecule has 0 spiro atoms. The van der Waals surface area contributed by atoms with Gasteiger partial charge >= 0.3 is 0 Å². The van der Waals surface area contributed by atoms with Gasteiger partial charge in [0.15, 0.2) is 0 Å². The second-order valence-electron chi connectivity index (χ2n) is 6.01. The smallest absolute Gasteiger partial charge is 0.243 e. The topological polar surface area (TPSA) is 66.5 Å². The van der Waals surface area contributed by atoms with Crippen molar-refractivity contribution in [3.8, 4) is 0 Å². The molecular weight excluding hydrogens is 375 g/mol. The highest BCUT2D eigenvalue weighted by atomic mass is 32.2. The Labute approximate surface area is 156 Å². The summed E-state index contributed by atoms with van der Waals surface area (Å²) in [5, 5.41) is 2.92. The molecule has 5 nitrogen and oxygen atoms in total. The fourth-order valence-corrected chi connectivity index (χ4v) is 5.06.